The van der Waals surface area contributed by atoms with Crippen LogP contribution in [0, 0.1) is 0 Å². The minimum atomic E-state index is -0.699. The number of hydrogen-bond donors (Lipinski definition) is 3. The van der Waals surface area contributed by atoms with Gasteiger partial charge in [0.2, 0.25) is 5.78 Å². The van der Waals surface area contributed by atoms with E-state index in [1.165, 1.54) is 13.0 Å². The molecule has 7 heteroatoms. The molecule has 3 N–H and O–H groups in total. The highest BCUT2D eigenvalue weighted by molar-refractivity contribution is 6.30. The van der Waals surface area contributed by atoms with Crippen molar-refractivity contribution in [1.29, 1.82) is 0 Å². The summed E-state index contributed by atoms with van der Waals surface area (Å²) in [6.07, 6.45) is 0.756. The standard InChI is InChI=1S/C20H16O7/c1-8(21)2-3-9-7-27-14-6-12-17(19(25)15(9)14)20(26)16-11(18(12)24)4-10(22)5-13(16)23/h4-6,9,22-23,25H,2-3,7H2,1H3/t9-/m1/s1. The van der Waals surface area contributed by atoms with Crippen LogP contribution in [0.2, 0.25) is 0 Å². The zero-order chi connectivity index (χ0) is 19.5. The zero-order valence-corrected chi connectivity index (χ0v) is 14.4. The summed E-state index contributed by atoms with van der Waals surface area (Å²) in [6, 6.07) is 3.49. The van der Waals surface area contributed by atoms with Gasteiger partial charge in [0, 0.05) is 35.1 Å². The molecule has 0 aromatic heterocycles. The second-order valence-corrected chi connectivity index (χ2v) is 6.85. The molecule has 0 saturated heterocycles. The molecule has 0 amide bonds. The maximum Gasteiger partial charge on any atom is 0.201 e. The number of hydrogen-bond acceptors (Lipinski definition) is 7. The van der Waals surface area contributed by atoms with Gasteiger partial charge in [-0.1, -0.05) is 0 Å². The summed E-state index contributed by atoms with van der Waals surface area (Å²) < 4.78 is 5.58. The highest BCUT2D eigenvalue weighted by Gasteiger charge is 2.39. The summed E-state index contributed by atoms with van der Waals surface area (Å²) >= 11 is 0. The minimum Gasteiger partial charge on any atom is -0.508 e. The number of rotatable bonds is 3. The molecular weight excluding hydrogens is 352 g/mol. The van der Waals surface area contributed by atoms with Crippen LogP contribution >= 0.6 is 0 Å². The van der Waals surface area contributed by atoms with Crippen LogP contribution in [0.25, 0.3) is 0 Å². The Morgan fingerprint density at radius 3 is 2.48 bits per heavy atom. The number of phenols is 3. The Morgan fingerprint density at radius 1 is 1.07 bits per heavy atom. The van der Waals surface area contributed by atoms with E-state index in [0.717, 1.165) is 12.1 Å². The molecule has 0 spiro atoms. The van der Waals surface area contributed by atoms with Gasteiger partial charge in [-0.3, -0.25) is 9.59 Å². The Bertz CT molecular complexity index is 1040. The zero-order valence-electron chi connectivity index (χ0n) is 14.4. The maximum atomic E-state index is 12.9. The van der Waals surface area contributed by atoms with Crippen molar-refractivity contribution in [3.05, 3.63) is 46.0 Å². The lowest BCUT2D eigenvalue weighted by Gasteiger charge is -2.21. The number of Topliss-reactive ketones (excluding diaryl/α,β-unsaturated/α-hetero) is 1. The molecule has 7 nitrogen and oxygen atoms in total. The summed E-state index contributed by atoms with van der Waals surface area (Å²) in [4.78, 5) is 37.0. The van der Waals surface area contributed by atoms with Gasteiger partial charge in [-0.25, -0.2) is 0 Å². The summed E-state index contributed by atoms with van der Waals surface area (Å²) in [7, 11) is 0. The third kappa shape index (κ3) is 2.46. The quantitative estimate of drug-likeness (QED) is 0.649. The van der Waals surface area contributed by atoms with E-state index in [1.54, 1.807) is 0 Å². The van der Waals surface area contributed by atoms with E-state index >= 15 is 0 Å². The molecule has 1 heterocycles. The molecule has 0 fully saturated rings. The molecule has 0 unspecified atom stereocenters. The average Bonchev–Trinajstić information content (AvgIpc) is 3.00. The molecular formula is C20H16O7. The Balaban J connectivity index is 1.88. The first-order valence-electron chi connectivity index (χ1n) is 8.47. The first-order chi connectivity index (χ1) is 12.8. The van der Waals surface area contributed by atoms with Crippen LogP contribution in [-0.2, 0) is 4.79 Å². The topological polar surface area (TPSA) is 121 Å². The van der Waals surface area contributed by atoms with Gasteiger partial charge in [0.15, 0.2) is 5.78 Å². The molecule has 0 saturated carbocycles. The molecule has 0 bridgehead atoms. The van der Waals surface area contributed by atoms with Crippen LogP contribution in [0.5, 0.6) is 23.0 Å². The van der Waals surface area contributed by atoms with Crippen molar-refractivity contribution < 1.29 is 34.4 Å². The Morgan fingerprint density at radius 2 is 1.78 bits per heavy atom. The van der Waals surface area contributed by atoms with E-state index < -0.39 is 17.3 Å². The predicted octanol–water partition coefficient (Wildman–Crippen LogP) is 2.42. The van der Waals surface area contributed by atoms with Gasteiger partial charge in [-0.15, -0.1) is 0 Å². The minimum absolute atomic E-state index is 0.00538. The number of phenolic OH excluding ortho intramolecular Hbond substituents is 3. The SMILES string of the molecule is CC(=O)CC[C@@H]1COc2cc3c(c(O)c21)C(=O)c1c(O)cc(O)cc1C3=O. The highest BCUT2D eigenvalue weighted by Crippen LogP contribution is 2.48. The Kier molecular flexibility index (Phi) is 3.69. The van der Waals surface area contributed by atoms with E-state index in [1.807, 2.05) is 0 Å². The van der Waals surface area contributed by atoms with Crippen molar-refractivity contribution in [1.82, 2.24) is 0 Å². The van der Waals surface area contributed by atoms with Crippen molar-refractivity contribution in [2.75, 3.05) is 6.61 Å². The third-order valence-electron chi connectivity index (χ3n) is 5.04. The normalized spacial score (nSPS) is 17.1. The van der Waals surface area contributed by atoms with Gasteiger partial charge < -0.3 is 24.9 Å². The van der Waals surface area contributed by atoms with Crippen LogP contribution in [0.1, 0.15) is 63.1 Å². The molecule has 138 valence electrons. The number of ketones is 3. The van der Waals surface area contributed by atoms with Crippen molar-refractivity contribution >= 4 is 17.3 Å². The van der Waals surface area contributed by atoms with Crippen molar-refractivity contribution in [2.24, 2.45) is 0 Å². The van der Waals surface area contributed by atoms with E-state index in [9.17, 15) is 29.7 Å². The van der Waals surface area contributed by atoms with Gasteiger partial charge in [-0.05, 0) is 25.5 Å². The van der Waals surface area contributed by atoms with Gasteiger partial charge in [0.1, 0.15) is 28.8 Å². The molecule has 4 rings (SSSR count). The van der Waals surface area contributed by atoms with Crippen molar-refractivity contribution in [3.63, 3.8) is 0 Å². The van der Waals surface area contributed by atoms with Crippen LogP contribution in [0.4, 0.5) is 0 Å². The van der Waals surface area contributed by atoms with E-state index in [-0.39, 0.29) is 52.1 Å². The number of carbonyl (C=O) groups excluding carboxylic acids is 3. The Labute approximate surface area is 153 Å². The smallest absolute Gasteiger partial charge is 0.201 e. The summed E-state index contributed by atoms with van der Waals surface area (Å²) in [6.45, 7) is 1.71. The number of carbonyl (C=O) groups is 3. The van der Waals surface area contributed by atoms with Crippen LogP contribution < -0.4 is 4.74 Å². The van der Waals surface area contributed by atoms with Crippen LogP contribution in [0.3, 0.4) is 0 Å². The summed E-state index contributed by atoms with van der Waals surface area (Å²) in [5, 5.41) is 30.5. The van der Waals surface area contributed by atoms with Gasteiger partial charge >= 0.3 is 0 Å². The van der Waals surface area contributed by atoms with Crippen LogP contribution in [0.15, 0.2) is 18.2 Å². The molecule has 2 aliphatic rings. The largest absolute Gasteiger partial charge is 0.508 e. The summed E-state index contributed by atoms with van der Waals surface area (Å²) in [5.41, 5.74) is -0.209. The summed E-state index contributed by atoms with van der Waals surface area (Å²) in [5.74, 6) is -2.49. The van der Waals surface area contributed by atoms with Crippen molar-refractivity contribution in [2.45, 2.75) is 25.7 Å². The predicted molar refractivity (Wildman–Crippen MR) is 92.9 cm³/mol. The number of fused-ring (bicyclic) bond motifs is 3. The van der Waals surface area contributed by atoms with Gasteiger partial charge in [0.05, 0.1) is 17.7 Å². The first-order valence-corrected chi connectivity index (χ1v) is 8.47. The lowest BCUT2D eigenvalue weighted by molar-refractivity contribution is -0.117. The molecule has 2 aromatic rings. The van der Waals surface area contributed by atoms with Crippen molar-refractivity contribution in [3.8, 4) is 23.0 Å². The molecule has 2 aromatic carbocycles. The number of aromatic hydroxyl groups is 3. The maximum absolute atomic E-state index is 12.9. The number of ether oxygens (including phenoxy) is 1. The lowest BCUT2D eigenvalue weighted by Crippen LogP contribution is -2.21. The fraction of sp³-hybridized carbons (Fsp3) is 0.250. The average molecular weight is 368 g/mol. The lowest BCUT2D eigenvalue weighted by atomic mass is 9.80. The monoisotopic (exact) mass is 368 g/mol. The van der Waals surface area contributed by atoms with Gasteiger partial charge in [-0.2, -0.15) is 0 Å². The molecule has 1 aliphatic heterocycles. The fourth-order valence-electron chi connectivity index (χ4n) is 3.76. The fourth-order valence-corrected chi connectivity index (χ4v) is 3.76. The van der Waals surface area contributed by atoms with Gasteiger partial charge in [0.25, 0.3) is 0 Å². The Hall–Kier alpha value is -3.35. The first kappa shape index (κ1) is 17.1. The second-order valence-electron chi connectivity index (χ2n) is 6.85. The second kappa shape index (κ2) is 5.84. The molecule has 1 atom stereocenters. The van der Waals surface area contributed by atoms with E-state index in [4.69, 9.17) is 4.74 Å². The van der Waals surface area contributed by atoms with E-state index in [2.05, 4.69) is 0 Å². The number of benzene rings is 2. The molecule has 0 radical (unpaired) electrons. The van der Waals surface area contributed by atoms with Crippen LogP contribution in [-0.4, -0.2) is 39.3 Å². The van der Waals surface area contributed by atoms with E-state index in [0.29, 0.717) is 24.2 Å². The highest BCUT2D eigenvalue weighted by atomic mass is 16.5. The molecule has 27 heavy (non-hydrogen) atoms. The third-order valence-corrected chi connectivity index (χ3v) is 5.04. The molecule has 1 aliphatic carbocycles.